The summed E-state index contributed by atoms with van der Waals surface area (Å²) in [5, 5.41) is 2.94. The molecule has 1 saturated carbocycles. The maximum absolute atomic E-state index is 12.8. The first kappa shape index (κ1) is 16.3. The Morgan fingerprint density at radius 3 is 2.52 bits per heavy atom. The summed E-state index contributed by atoms with van der Waals surface area (Å²) in [7, 11) is 0. The molecule has 2 atom stereocenters. The second-order valence-corrected chi connectivity index (χ2v) is 6.72. The molecular weight excluding hydrogens is 268 g/mol. The minimum atomic E-state index is -0.696. The number of hydrogen-bond donors (Lipinski definition) is 1. The van der Waals surface area contributed by atoms with Crippen LogP contribution in [-0.4, -0.2) is 48.1 Å². The molecular formula is C16H28N2O3. The molecule has 0 aromatic carbocycles. The summed E-state index contributed by atoms with van der Waals surface area (Å²) in [5.41, 5.74) is -0.696. The molecule has 0 spiro atoms. The first-order chi connectivity index (χ1) is 9.92. The van der Waals surface area contributed by atoms with Crippen LogP contribution in [0.2, 0.25) is 0 Å². The Bertz CT molecular complexity index is 406. The lowest BCUT2D eigenvalue weighted by Gasteiger charge is -2.47. The number of nitrogens with zero attached hydrogens (tertiary/aromatic N) is 1. The van der Waals surface area contributed by atoms with E-state index in [2.05, 4.69) is 12.2 Å². The molecule has 1 heterocycles. The standard InChI is InChI=1S/C16H28N2O3/c1-5-9-21-10-8-18-14(19)13(11(2)3)17-15(20)16(18,4)12-6-7-12/h11-13H,5-10H2,1-4H3,(H,17,20). The molecule has 0 aromatic heterocycles. The molecule has 5 nitrogen and oxygen atoms in total. The Morgan fingerprint density at radius 1 is 1.33 bits per heavy atom. The number of carbonyl (C=O) groups excluding carboxylic acids is 2. The highest BCUT2D eigenvalue weighted by Crippen LogP contribution is 2.45. The lowest BCUT2D eigenvalue weighted by molar-refractivity contribution is -0.160. The molecule has 5 heteroatoms. The number of piperazine rings is 1. The van der Waals surface area contributed by atoms with Crippen molar-refractivity contribution in [2.24, 2.45) is 11.8 Å². The van der Waals surface area contributed by atoms with Crippen LogP contribution in [0.3, 0.4) is 0 Å². The third-order valence-corrected chi connectivity index (χ3v) is 4.69. The number of hydrogen-bond acceptors (Lipinski definition) is 3. The molecule has 120 valence electrons. The maximum atomic E-state index is 12.8. The van der Waals surface area contributed by atoms with E-state index in [9.17, 15) is 9.59 Å². The van der Waals surface area contributed by atoms with Gasteiger partial charge in [-0.2, -0.15) is 0 Å². The summed E-state index contributed by atoms with van der Waals surface area (Å²) < 4.78 is 5.53. The van der Waals surface area contributed by atoms with Crippen molar-refractivity contribution in [2.75, 3.05) is 19.8 Å². The summed E-state index contributed by atoms with van der Waals surface area (Å²) >= 11 is 0. The largest absolute Gasteiger partial charge is 0.380 e. The van der Waals surface area contributed by atoms with Crippen molar-refractivity contribution in [2.45, 2.75) is 58.5 Å². The Morgan fingerprint density at radius 2 is 2.00 bits per heavy atom. The first-order valence-electron chi connectivity index (χ1n) is 8.13. The van der Waals surface area contributed by atoms with Gasteiger partial charge in [0.2, 0.25) is 11.8 Å². The van der Waals surface area contributed by atoms with E-state index in [1.54, 1.807) is 4.90 Å². The van der Waals surface area contributed by atoms with E-state index in [0.717, 1.165) is 19.3 Å². The minimum Gasteiger partial charge on any atom is -0.380 e. The van der Waals surface area contributed by atoms with Crippen molar-refractivity contribution in [3.8, 4) is 0 Å². The molecule has 1 aliphatic heterocycles. The summed E-state index contributed by atoms with van der Waals surface area (Å²) in [6.07, 6.45) is 3.01. The van der Waals surface area contributed by atoms with Crippen molar-refractivity contribution in [1.82, 2.24) is 10.2 Å². The molecule has 2 aliphatic rings. The molecule has 1 saturated heterocycles. The van der Waals surface area contributed by atoms with Gasteiger partial charge in [-0.25, -0.2) is 0 Å². The van der Waals surface area contributed by atoms with Crippen LogP contribution < -0.4 is 5.32 Å². The van der Waals surface area contributed by atoms with Crippen molar-refractivity contribution in [3.05, 3.63) is 0 Å². The molecule has 2 rings (SSSR count). The number of rotatable bonds is 7. The topological polar surface area (TPSA) is 58.6 Å². The molecule has 0 radical (unpaired) electrons. The third kappa shape index (κ3) is 3.07. The summed E-state index contributed by atoms with van der Waals surface area (Å²) in [5.74, 6) is 0.433. The third-order valence-electron chi connectivity index (χ3n) is 4.69. The molecule has 21 heavy (non-hydrogen) atoms. The average Bonchev–Trinajstić information content (AvgIpc) is 3.26. The van der Waals surface area contributed by atoms with Gasteiger partial charge < -0.3 is 15.0 Å². The van der Waals surface area contributed by atoms with E-state index in [4.69, 9.17) is 4.74 Å². The van der Waals surface area contributed by atoms with Gasteiger partial charge in [0.05, 0.1) is 6.61 Å². The normalized spacial score (nSPS) is 30.0. The maximum Gasteiger partial charge on any atom is 0.246 e. The number of ether oxygens (including phenoxy) is 1. The second-order valence-electron chi connectivity index (χ2n) is 6.72. The zero-order valence-corrected chi connectivity index (χ0v) is 13.6. The SMILES string of the molecule is CCCOCCN1C(=O)C(C(C)C)NC(=O)C1(C)C1CC1. The Kier molecular flexibility index (Phi) is 4.91. The van der Waals surface area contributed by atoms with Gasteiger partial charge in [0.25, 0.3) is 0 Å². The Labute approximate surface area is 127 Å². The molecule has 2 unspecified atom stereocenters. The van der Waals surface area contributed by atoms with Crippen LogP contribution in [0, 0.1) is 11.8 Å². The number of nitrogens with one attached hydrogen (secondary N) is 1. The van der Waals surface area contributed by atoms with E-state index < -0.39 is 11.6 Å². The van der Waals surface area contributed by atoms with Crippen LogP contribution >= 0.6 is 0 Å². The lowest BCUT2D eigenvalue weighted by atomic mass is 9.86. The predicted molar refractivity (Wildman–Crippen MR) is 80.7 cm³/mol. The molecule has 1 N–H and O–H groups in total. The molecule has 0 bridgehead atoms. The average molecular weight is 296 g/mol. The fourth-order valence-electron chi connectivity index (χ4n) is 3.12. The first-order valence-corrected chi connectivity index (χ1v) is 8.13. The Hall–Kier alpha value is -1.10. The van der Waals surface area contributed by atoms with E-state index in [1.807, 2.05) is 20.8 Å². The van der Waals surface area contributed by atoms with Gasteiger partial charge in [0, 0.05) is 13.2 Å². The minimum absolute atomic E-state index is 0.00112. The number of carbonyl (C=O) groups is 2. The van der Waals surface area contributed by atoms with Crippen molar-refractivity contribution in [1.29, 1.82) is 0 Å². The highest BCUT2D eigenvalue weighted by molar-refractivity contribution is 6.00. The van der Waals surface area contributed by atoms with Crippen LogP contribution in [0.5, 0.6) is 0 Å². The van der Waals surface area contributed by atoms with Gasteiger partial charge in [0.1, 0.15) is 11.6 Å². The summed E-state index contributed by atoms with van der Waals surface area (Å²) in [4.78, 5) is 27.2. The molecule has 2 amide bonds. The molecule has 1 aliphatic carbocycles. The fraction of sp³-hybridized carbons (Fsp3) is 0.875. The quantitative estimate of drug-likeness (QED) is 0.725. The van der Waals surface area contributed by atoms with Crippen LogP contribution in [0.1, 0.15) is 47.0 Å². The summed E-state index contributed by atoms with van der Waals surface area (Å²) in [6.45, 7) is 9.60. The van der Waals surface area contributed by atoms with E-state index in [0.29, 0.717) is 25.7 Å². The monoisotopic (exact) mass is 296 g/mol. The van der Waals surface area contributed by atoms with Gasteiger partial charge in [-0.05, 0) is 38.0 Å². The Balaban J connectivity index is 2.14. The van der Waals surface area contributed by atoms with Crippen molar-refractivity contribution >= 4 is 11.8 Å². The van der Waals surface area contributed by atoms with Crippen LogP contribution in [0.15, 0.2) is 0 Å². The van der Waals surface area contributed by atoms with E-state index in [1.165, 1.54) is 0 Å². The number of amides is 2. The van der Waals surface area contributed by atoms with E-state index in [-0.39, 0.29) is 17.7 Å². The van der Waals surface area contributed by atoms with Gasteiger partial charge in [-0.3, -0.25) is 9.59 Å². The zero-order valence-electron chi connectivity index (χ0n) is 13.6. The lowest BCUT2D eigenvalue weighted by Crippen LogP contribution is -2.71. The highest BCUT2D eigenvalue weighted by atomic mass is 16.5. The van der Waals surface area contributed by atoms with Gasteiger partial charge in [-0.1, -0.05) is 20.8 Å². The van der Waals surface area contributed by atoms with Crippen LogP contribution in [0.4, 0.5) is 0 Å². The second kappa shape index (κ2) is 6.34. The smallest absolute Gasteiger partial charge is 0.246 e. The van der Waals surface area contributed by atoms with E-state index >= 15 is 0 Å². The van der Waals surface area contributed by atoms with Crippen molar-refractivity contribution < 1.29 is 14.3 Å². The van der Waals surface area contributed by atoms with Crippen LogP contribution in [-0.2, 0) is 14.3 Å². The zero-order chi connectivity index (χ0) is 15.6. The van der Waals surface area contributed by atoms with Gasteiger partial charge in [-0.15, -0.1) is 0 Å². The van der Waals surface area contributed by atoms with Crippen molar-refractivity contribution in [3.63, 3.8) is 0 Å². The summed E-state index contributed by atoms with van der Waals surface area (Å²) in [6, 6.07) is -0.407. The fourth-order valence-corrected chi connectivity index (χ4v) is 3.12. The highest BCUT2D eigenvalue weighted by Gasteiger charge is 2.57. The molecule has 2 fully saturated rings. The predicted octanol–water partition coefficient (Wildman–Crippen LogP) is 1.56. The van der Waals surface area contributed by atoms with Gasteiger partial charge in [0.15, 0.2) is 0 Å². The van der Waals surface area contributed by atoms with Crippen LogP contribution in [0.25, 0.3) is 0 Å². The van der Waals surface area contributed by atoms with Gasteiger partial charge >= 0.3 is 0 Å². The molecule has 0 aromatic rings.